The lowest BCUT2D eigenvalue weighted by atomic mass is 9.86. The van der Waals surface area contributed by atoms with E-state index >= 15 is 0 Å². The zero-order chi connectivity index (χ0) is 6.15. The van der Waals surface area contributed by atoms with E-state index in [-0.39, 0.29) is 18.2 Å². The lowest BCUT2D eigenvalue weighted by Crippen LogP contribution is -2.57. The molecule has 1 fully saturated rings. The quantitative estimate of drug-likeness (QED) is 0.467. The van der Waals surface area contributed by atoms with Crippen molar-refractivity contribution in [1.29, 1.82) is 0 Å². The molecule has 3 heteroatoms. The van der Waals surface area contributed by atoms with Crippen LogP contribution in [0.1, 0.15) is 6.42 Å². The van der Waals surface area contributed by atoms with Crippen LogP contribution in [0.5, 0.6) is 0 Å². The number of aliphatic hydroxyl groups excluding tert-OH is 1. The van der Waals surface area contributed by atoms with E-state index in [1.165, 1.54) is 0 Å². The van der Waals surface area contributed by atoms with Crippen molar-refractivity contribution >= 4 is 0 Å². The highest BCUT2D eigenvalue weighted by Crippen LogP contribution is 2.20. The molecule has 3 N–H and O–H groups in total. The normalized spacial score (nSPS) is 46.1. The molecule has 3 atom stereocenters. The van der Waals surface area contributed by atoms with Crippen molar-refractivity contribution in [2.75, 3.05) is 7.11 Å². The number of aliphatic hydroxyl groups is 1. The molecule has 1 saturated carbocycles. The van der Waals surface area contributed by atoms with Crippen LogP contribution in [0.4, 0.5) is 0 Å². The molecule has 48 valence electrons. The topological polar surface area (TPSA) is 55.5 Å². The minimum Gasteiger partial charge on any atom is -0.391 e. The van der Waals surface area contributed by atoms with Crippen molar-refractivity contribution in [1.82, 2.24) is 0 Å². The number of hydrogen-bond donors (Lipinski definition) is 2. The number of nitrogens with two attached hydrogens (primary N) is 1. The Kier molecular flexibility index (Phi) is 1.51. The van der Waals surface area contributed by atoms with Crippen LogP contribution in [0.3, 0.4) is 0 Å². The fourth-order valence-electron chi connectivity index (χ4n) is 0.858. The molecule has 0 saturated heterocycles. The van der Waals surface area contributed by atoms with E-state index in [1.807, 2.05) is 0 Å². The van der Waals surface area contributed by atoms with Crippen LogP contribution < -0.4 is 5.73 Å². The molecule has 0 aromatic heterocycles. The van der Waals surface area contributed by atoms with E-state index in [0.29, 0.717) is 6.42 Å². The van der Waals surface area contributed by atoms with Gasteiger partial charge in [0.2, 0.25) is 0 Å². The first kappa shape index (κ1) is 6.01. The molecule has 1 aliphatic carbocycles. The molecular weight excluding hydrogens is 106 g/mol. The molecule has 0 amide bonds. The summed E-state index contributed by atoms with van der Waals surface area (Å²) in [6.45, 7) is 0. The third-order valence-electron chi connectivity index (χ3n) is 1.65. The van der Waals surface area contributed by atoms with Crippen molar-refractivity contribution in [3.8, 4) is 0 Å². The Labute approximate surface area is 48.4 Å². The molecule has 0 aliphatic heterocycles. The summed E-state index contributed by atoms with van der Waals surface area (Å²) in [6, 6.07) is -0.153. The van der Waals surface area contributed by atoms with E-state index < -0.39 is 0 Å². The van der Waals surface area contributed by atoms with Gasteiger partial charge in [0.05, 0.1) is 18.2 Å². The van der Waals surface area contributed by atoms with Crippen molar-refractivity contribution in [2.24, 2.45) is 5.73 Å². The van der Waals surface area contributed by atoms with Gasteiger partial charge in [0.25, 0.3) is 0 Å². The largest absolute Gasteiger partial charge is 0.391 e. The Morgan fingerprint density at radius 2 is 2.38 bits per heavy atom. The summed E-state index contributed by atoms with van der Waals surface area (Å²) in [5, 5.41) is 8.81. The second-order valence-corrected chi connectivity index (χ2v) is 2.15. The van der Waals surface area contributed by atoms with Crippen molar-refractivity contribution in [3.63, 3.8) is 0 Å². The van der Waals surface area contributed by atoms with Gasteiger partial charge in [-0.05, 0) is 0 Å². The summed E-state index contributed by atoms with van der Waals surface area (Å²) in [6.07, 6.45) is 0.447. The van der Waals surface area contributed by atoms with Gasteiger partial charge in [-0.2, -0.15) is 0 Å². The Bertz CT molecular complexity index is 86.5. The third-order valence-corrected chi connectivity index (χ3v) is 1.65. The van der Waals surface area contributed by atoms with Gasteiger partial charge in [0.1, 0.15) is 0 Å². The van der Waals surface area contributed by atoms with E-state index in [9.17, 15) is 0 Å². The van der Waals surface area contributed by atoms with Gasteiger partial charge in [0, 0.05) is 13.5 Å². The second-order valence-electron chi connectivity index (χ2n) is 2.15. The Balaban J connectivity index is 2.25. The fraction of sp³-hybridized carbons (Fsp3) is 1.00. The molecule has 0 bridgehead atoms. The van der Waals surface area contributed by atoms with Gasteiger partial charge in [-0.25, -0.2) is 0 Å². The zero-order valence-electron chi connectivity index (χ0n) is 4.87. The van der Waals surface area contributed by atoms with Crippen molar-refractivity contribution in [2.45, 2.75) is 24.7 Å². The first-order chi connectivity index (χ1) is 3.75. The summed E-state index contributed by atoms with van der Waals surface area (Å²) in [5.41, 5.74) is 5.40. The summed E-state index contributed by atoms with van der Waals surface area (Å²) in [5.74, 6) is 0. The lowest BCUT2D eigenvalue weighted by molar-refractivity contribution is -0.0706. The Morgan fingerprint density at radius 1 is 1.75 bits per heavy atom. The van der Waals surface area contributed by atoms with E-state index in [0.717, 1.165) is 0 Å². The average Bonchev–Trinajstić information content (AvgIpc) is 1.81. The second kappa shape index (κ2) is 2.01. The van der Waals surface area contributed by atoms with Crippen LogP contribution in [-0.2, 0) is 4.74 Å². The molecule has 0 radical (unpaired) electrons. The van der Waals surface area contributed by atoms with Gasteiger partial charge in [0.15, 0.2) is 0 Å². The maximum Gasteiger partial charge on any atom is 0.0772 e. The third kappa shape index (κ3) is 0.727. The molecule has 3 nitrogen and oxygen atoms in total. The Morgan fingerprint density at radius 3 is 2.50 bits per heavy atom. The first-order valence-electron chi connectivity index (χ1n) is 2.72. The maximum absolute atomic E-state index is 8.81. The van der Waals surface area contributed by atoms with Crippen molar-refractivity contribution in [3.05, 3.63) is 0 Å². The number of methoxy groups -OCH3 is 1. The highest BCUT2D eigenvalue weighted by Gasteiger charge is 2.36. The Hall–Kier alpha value is -0.120. The van der Waals surface area contributed by atoms with Gasteiger partial charge >= 0.3 is 0 Å². The lowest BCUT2D eigenvalue weighted by Gasteiger charge is -2.37. The molecule has 0 aromatic rings. The van der Waals surface area contributed by atoms with Crippen LogP contribution in [0.2, 0.25) is 0 Å². The SMILES string of the molecule is CO[C@@H]1C[C@H](O)[C@H]1N. The van der Waals surface area contributed by atoms with Crippen LogP contribution in [-0.4, -0.2) is 30.5 Å². The summed E-state index contributed by atoms with van der Waals surface area (Å²) in [4.78, 5) is 0. The zero-order valence-corrected chi connectivity index (χ0v) is 4.87. The van der Waals surface area contributed by atoms with E-state index in [1.54, 1.807) is 7.11 Å². The number of ether oxygens (including phenoxy) is 1. The van der Waals surface area contributed by atoms with E-state index in [4.69, 9.17) is 15.6 Å². The van der Waals surface area contributed by atoms with Crippen LogP contribution in [0, 0.1) is 0 Å². The smallest absolute Gasteiger partial charge is 0.0772 e. The minimum atomic E-state index is -0.333. The highest BCUT2D eigenvalue weighted by atomic mass is 16.5. The summed E-state index contributed by atoms with van der Waals surface area (Å²) >= 11 is 0. The van der Waals surface area contributed by atoms with Crippen molar-refractivity contribution < 1.29 is 9.84 Å². The highest BCUT2D eigenvalue weighted by molar-refractivity contribution is 4.93. The first-order valence-corrected chi connectivity index (χ1v) is 2.72. The van der Waals surface area contributed by atoms with E-state index in [2.05, 4.69) is 0 Å². The summed E-state index contributed by atoms with van der Waals surface area (Å²) < 4.78 is 4.88. The molecule has 1 rings (SSSR count). The molecule has 0 spiro atoms. The monoisotopic (exact) mass is 117 g/mol. The van der Waals surface area contributed by atoms with Crippen LogP contribution in [0.15, 0.2) is 0 Å². The number of hydrogen-bond acceptors (Lipinski definition) is 3. The standard InChI is InChI=1S/C5H11NO2/c1-8-4-2-3(7)5(4)6/h3-5,7H,2,6H2,1H3/t3-,4+,5+/m0/s1. The molecule has 1 aliphatic rings. The van der Waals surface area contributed by atoms with Gasteiger partial charge in [-0.15, -0.1) is 0 Å². The van der Waals surface area contributed by atoms with Gasteiger partial charge in [-0.3, -0.25) is 0 Å². The molecule has 0 aromatic carbocycles. The number of rotatable bonds is 1. The maximum atomic E-state index is 8.81. The van der Waals surface area contributed by atoms with Gasteiger partial charge < -0.3 is 15.6 Å². The fourth-order valence-corrected chi connectivity index (χ4v) is 0.858. The average molecular weight is 117 g/mol. The summed E-state index contributed by atoms with van der Waals surface area (Å²) in [7, 11) is 1.61. The minimum absolute atomic E-state index is 0.0880. The molecular formula is C5H11NO2. The van der Waals surface area contributed by atoms with Gasteiger partial charge in [-0.1, -0.05) is 0 Å². The molecule has 0 unspecified atom stereocenters. The predicted molar refractivity (Wildman–Crippen MR) is 29.4 cm³/mol. The predicted octanol–water partition coefficient (Wildman–Crippen LogP) is -0.907. The molecule has 0 heterocycles. The molecule has 8 heavy (non-hydrogen) atoms. The van der Waals surface area contributed by atoms with Crippen LogP contribution >= 0.6 is 0 Å². The van der Waals surface area contributed by atoms with Crippen LogP contribution in [0.25, 0.3) is 0 Å².